The van der Waals surface area contributed by atoms with Crippen molar-refractivity contribution in [2.45, 2.75) is 45.2 Å². The van der Waals surface area contributed by atoms with Gasteiger partial charge in [-0.25, -0.2) is 0 Å². The fourth-order valence-corrected chi connectivity index (χ4v) is 2.38. The molecule has 4 nitrogen and oxygen atoms in total. The van der Waals surface area contributed by atoms with Crippen LogP contribution in [0, 0.1) is 23.2 Å². The number of rotatable bonds is 4. The van der Waals surface area contributed by atoms with Crippen molar-refractivity contribution in [1.29, 1.82) is 5.26 Å². The summed E-state index contributed by atoms with van der Waals surface area (Å²) in [6, 6.07) is 1.73. The minimum absolute atomic E-state index is 0.0473. The van der Waals surface area contributed by atoms with Gasteiger partial charge in [-0.3, -0.25) is 10.1 Å². The highest BCUT2D eigenvalue weighted by atomic mass is 16.4. The Balaban J connectivity index is 2.72. The van der Waals surface area contributed by atoms with E-state index in [1.165, 1.54) is 0 Å². The third kappa shape index (κ3) is 2.48. The molecule has 1 aliphatic rings. The summed E-state index contributed by atoms with van der Waals surface area (Å²) in [6.07, 6.45) is 2.41. The Bertz CT molecular complexity index is 268. The summed E-state index contributed by atoms with van der Waals surface area (Å²) in [6.45, 7) is 4.16. The van der Waals surface area contributed by atoms with Gasteiger partial charge in [0.1, 0.15) is 6.04 Å². The van der Waals surface area contributed by atoms with Gasteiger partial charge in [0.25, 0.3) is 0 Å². The number of carboxylic acid groups (broad SMARTS) is 1. The minimum Gasteiger partial charge on any atom is -0.480 e. The summed E-state index contributed by atoms with van der Waals surface area (Å²) in [4.78, 5) is 10.8. The van der Waals surface area contributed by atoms with Gasteiger partial charge in [0.15, 0.2) is 0 Å². The lowest BCUT2D eigenvalue weighted by atomic mass is 9.86. The summed E-state index contributed by atoms with van der Waals surface area (Å²) < 4.78 is 0. The lowest BCUT2D eigenvalue weighted by Crippen LogP contribution is -2.40. The number of nitrogens with one attached hydrogen (secondary N) is 1. The van der Waals surface area contributed by atoms with Gasteiger partial charge in [-0.1, -0.05) is 26.7 Å². The number of hydrogen-bond acceptors (Lipinski definition) is 3. The van der Waals surface area contributed by atoms with E-state index < -0.39 is 12.0 Å². The Kier molecular flexibility index (Phi) is 4.10. The minimum atomic E-state index is -0.844. The van der Waals surface area contributed by atoms with Crippen molar-refractivity contribution in [1.82, 2.24) is 5.32 Å². The number of carbonyl (C=O) groups is 1. The van der Waals surface area contributed by atoms with Gasteiger partial charge < -0.3 is 5.11 Å². The maximum Gasteiger partial charge on any atom is 0.320 e. The first-order valence-electron chi connectivity index (χ1n) is 5.52. The van der Waals surface area contributed by atoms with Crippen molar-refractivity contribution in [2.75, 3.05) is 0 Å². The van der Waals surface area contributed by atoms with Crippen LogP contribution in [0.2, 0.25) is 0 Å². The molecule has 0 spiro atoms. The Labute approximate surface area is 90.3 Å². The van der Waals surface area contributed by atoms with Crippen molar-refractivity contribution in [3.8, 4) is 6.07 Å². The highest BCUT2D eigenvalue weighted by molar-refractivity contribution is 5.74. The first kappa shape index (κ1) is 12.0. The van der Waals surface area contributed by atoms with Crippen molar-refractivity contribution in [2.24, 2.45) is 11.8 Å². The quantitative estimate of drug-likeness (QED) is 0.735. The lowest BCUT2D eigenvalue weighted by molar-refractivity contribution is -0.139. The van der Waals surface area contributed by atoms with Crippen molar-refractivity contribution < 1.29 is 9.90 Å². The third-order valence-electron chi connectivity index (χ3n) is 3.34. The molecule has 0 radical (unpaired) electrons. The molecule has 1 fully saturated rings. The first-order chi connectivity index (χ1) is 7.13. The molecule has 0 amide bonds. The van der Waals surface area contributed by atoms with Gasteiger partial charge in [0, 0.05) is 6.04 Å². The van der Waals surface area contributed by atoms with E-state index in [0.717, 1.165) is 12.8 Å². The van der Waals surface area contributed by atoms with E-state index in [1.54, 1.807) is 0 Å². The second-order valence-electron chi connectivity index (χ2n) is 4.13. The summed E-state index contributed by atoms with van der Waals surface area (Å²) in [5.41, 5.74) is 0. The standard InChI is InChI=1S/C11H18N2O2/c1-3-7(4-2)10-8(6-12)5-9(13-10)11(14)15/h7-10,13H,3-5H2,1-2H3,(H,14,15). The monoisotopic (exact) mass is 210 g/mol. The van der Waals surface area contributed by atoms with Crippen LogP contribution in [0.4, 0.5) is 0 Å². The summed E-state index contributed by atoms with van der Waals surface area (Å²) in [7, 11) is 0. The zero-order valence-electron chi connectivity index (χ0n) is 9.23. The van der Waals surface area contributed by atoms with E-state index in [-0.39, 0.29) is 12.0 Å². The molecule has 4 heteroatoms. The predicted octanol–water partition coefficient (Wildman–Crippen LogP) is 1.38. The number of hydrogen-bond donors (Lipinski definition) is 2. The van der Waals surface area contributed by atoms with Crippen LogP contribution in [0.1, 0.15) is 33.1 Å². The zero-order valence-corrected chi connectivity index (χ0v) is 9.23. The smallest absolute Gasteiger partial charge is 0.320 e. The molecule has 1 aliphatic heterocycles. The van der Waals surface area contributed by atoms with Crippen LogP contribution >= 0.6 is 0 Å². The molecule has 2 N–H and O–H groups in total. The SMILES string of the molecule is CCC(CC)C1NC(C(=O)O)CC1C#N. The Morgan fingerprint density at radius 1 is 1.60 bits per heavy atom. The van der Waals surface area contributed by atoms with E-state index >= 15 is 0 Å². The topological polar surface area (TPSA) is 73.1 Å². The molecule has 0 aromatic carbocycles. The van der Waals surface area contributed by atoms with Crippen LogP contribution in [-0.2, 0) is 4.79 Å². The highest BCUT2D eigenvalue weighted by Crippen LogP contribution is 2.28. The fourth-order valence-electron chi connectivity index (χ4n) is 2.38. The Hall–Kier alpha value is -1.08. The summed E-state index contributed by atoms with van der Waals surface area (Å²) in [5.74, 6) is -0.598. The number of carboxylic acids is 1. The maximum atomic E-state index is 10.8. The molecule has 1 rings (SSSR count). The van der Waals surface area contributed by atoms with E-state index in [0.29, 0.717) is 12.3 Å². The van der Waals surface area contributed by atoms with Crippen LogP contribution in [-0.4, -0.2) is 23.2 Å². The summed E-state index contributed by atoms with van der Waals surface area (Å²) in [5, 5.41) is 21.0. The van der Waals surface area contributed by atoms with Gasteiger partial charge in [-0.05, 0) is 12.3 Å². The van der Waals surface area contributed by atoms with E-state index in [2.05, 4.69) is 25.2 Å². The zero-order chi connectivity index (χ0) is 11.4. The van der Waals surface area contributed by atoms with Crippen LogP contribution in [0.25, 0.3) is 0 Å². The summed E-state index contributed by atoms with van der Waals surface area (Å²) >= 11 is 0. The molecule has 0 aliphatic carbocycles. The second kappa shape index (κ2) is 5.13. The van der Waals surface area contributed by atoms with E-state index in [1.807, 2.05) is 0 Å². The largest absolute Gasteiger partial charge is 0.480 e. The van der Waals surface area contributed by atoms with Crippen molar-refractivity contribution in [3.63, 3.8) is 0 Å². The molecule has 1 heterocycles. The Morgan fingerprint density at radius 3 is 2.60 bits per heavy atom. The highest BCUT2D eigenvalue weighted by Gasteiger charge is 2.40. The molecule has 0 bridgehead atoms. The van der Waals surface area contributed by atoms with Crippen molar-refractivity contribution >= 4 is 5.97 Å². The number of nitrogens with zero attached hydrogens (tertiary/aromatic N) is 1. The van der Waals surface area contributed by atoms with E-state index in [4.69, 9.17) is 10.4 Å². The number of aliphatic carboxylic acids is 1. The van der Waals surface area contributed by atoms with Gasteiger partial charge in [-0.2, -0.15) is 5.26 Å². The molecule has 0 saturated carbocycles. The normalized spacial score (nSPS) is 30.4. The maximum absolute atomic E-state index is 10.8. The van der Waals surface area contributed by atoms with Gasteiger partial charge in [0.2, 0.25) is 0 Å². The van der Waals surface area contributed by atoms with Gasteiger partial charge >= 0.3 is 5.97 Å². The molecule has 15 heavy (non-hydrogen) atoms. The number of nitriles is 1. The van der Waals surface area contributed by atoms with Crippen LogP contribution in [0.3, 0.4) is 0 Å². The molecular formula is C11H18N2O2. The van der Waals surface area contributed by atoms with Gasteiger partial charge in [0.05, 0.1) is 12.0 Å². The van der Waals surface area contributed by atoms with Crippen molar-refractivity contribution in [3.05, 3.63) is 0 Å². The molecule has 0 aromatic rings. The average molecular weight is 210 g/mol. The third-order valence-corrected chi connectivity index (χ3v) is 3.34. The molecule has 0 aromatic heterocycles. The predicted molar refractivity (Wildman–Crippen MR) is 56.1 cm³/mol. The Morgan fingerprint density at radius 2 is 2.20 bits per heavy atom. The van der Waals surface area contributed by atoms with Crippen LogP contribution < -0.4 is 5.32 Å². The fraction of sp³-hybridized carbons (Fsp3) is 0.818. The molecule has 3 unspecified atom stereocenters. The molecule has 84 valence electrons. The average Bonchev–Trinajstić information content (AvgIpc) is 2.64. The van der Waals surface area contributed by atoms with Crippen LogP contribution in [0.5, 0.6) is 0 Å². The van der Waals surface area contributed by atoms with Gasteiger partial charge in [-0.15, -0.1) is 0 Å². The second-order valence-corrected chi connectivity index (χ2v) is 4.13. The van der Waals surface area contributed by atoms with E-state index in [9.17, 15) is 4.79 Å². The molecule has 3 atom stereocenters. The lowest BCUT2D eigenvalue weighted by Gasteiger charge is -2.23. The molecule has 1 saturated heterocycles. The molecular weight excluding hydrogens is 192 g/mol. The van der Waals surface area contributed by atoms with Crippen LogP contribution in [0.15, 0.2) is 0 Å². The first-order valence-corrected chi connectivity index (χ1v) is 5.52.